The molecule has 0 spiro atoms. The fraction of sp³-hybridized carbons (Fsp3) is 0.188. The molecular formula is C16H13BrClNO2. The molecular weight excluding hydrogens is 354 g/mol. The van der Waals surface area contributed by atoms with Gasteiger partial charge in [0.1, 0.15) is 6.10 Å². The highest BCUT2D eigenvalue weighted by Crippen LogP contribution is 2.38. The summed E-state index contributed by atoms with van der Waals surface area (Å²) in [4.78, 5) is 13.9. The average Bonchev–Trinajstić information content (AvgIpc) is 2.76. The SMILES string of the molecule is O=C1C(O)CC(c2cccc(Cl)c2)N1c1ccc(Br)cc1. The molecule has 2 aromatic carbocycles. The van der Waals surface area contributed by atoms with E-state index in [4.69, 9.17) is 11.6 Å². The van der Waals surface area contributed by atoms with Crippen molar-refractivity contribution in [1.29, 1.82) is 0 Å². The molecule has 2 atom stereocenters. The van der Waals surface area contributed by atoms with Crippen LogP contribution in [0.3, 0.4) is 0 Å². The zero-order chi connectivity index (χ0) is 15.0. The van der Waals surface area contributed by atoms with Crippen LogP contribution in [-0.4, -0.2) is 17.1 Å². The molecule has 0 aromatic heterocycles. The number of benzene rings is 2. The van der Waals surface area contributed by atoms with Crippen molar-refractivity contribution >= 4 is 39.1 Å². The quantitative estimate of drug-likeness (QED) is 0.874. The van der Waals surface area contributed by atoms with Gasteiger partial charge in [0.15, 0.2) is 0 Å². The highest BCUT2D eigenvalue weighted by atomic mass is 79.9. The lowest BCUT2D eigenvalue weighted by molar-refractivity contribution is -0.124. The predicted octanol–water partition coefficient (Wildman–Crippen LogP) is 3.94. The predicted molar refractivity (Wildman–Crippen MR) is 86.4 cm³/mol. The molecule has 1 fully saturated rings. The van der Waals surface area contributed by atoms with Gasteiger partial charge in [0.05, 0.1) is 6.04 Å². The molecule has 0 bridgehead atoms. The van der Waals surface area contributed by atoms with Crippen molar-refractivity contribution in [3.63, 3.8) is 0 Å². The van der Waals surface area contributed by atoms with E-state index in [1.165, 1.54) is 0 Å². The number of hydrogen-bond donors (Lipinski definition) is 1. The van der Waals surface area contributed by atoms with Gasteiger partial charge in [-0.2, -0.15) is 0 Å². The van der Waals surface area contributed by atoms with E-state index in [2.05, 4.69) is 15.9 Å². The highest BCUT2D eigenvalue weighted by Gasteiger charge is 2.40. The maximum absolute atomic E-state index is 12.3. The summed E-state index contributed by atoms with van der Waals surface area (Å²) < 4.78 is 0.942. The van der Waals surface area contributed by atoms with Gasteiger partial charge in [-0.05, 0) is 42.0 Å². The largest absolute Gasteiger partial charge is 0.383 e. The standard InChI is InChI=1S/C16H13BrClNO2/c17-11-4-6-13(7-5-11)19-14(9-15(20)16(19)21)10-2-1-3-12(18)8-10/h1-8,14-15,20H,9H2. The number of aliphatic hydroxyl groups excluding tert-OH is 1. The number of amides is 1. The fourth-order valence-electron chi connectivity index (χ4n) is 2.64. The minimum absolute atomic E-state index is 0.202. The van der Waals surface area contributed by atoms with Gasteiger partial charge in [0, 0.05) is 21.6 Å². The molecule has 2 aromatic rings. The molecule has 21 heavy (non-hydrogen) atoms. The van der Waals surface area contributed by atoms with E-state index in [9.17, 15) is 9.90 Å². The monoisotopic (exact) mass is 365 g/mol. The number of anilines is 1. The molecule has 1 N–H and O–H groups in total. The lowest BCUT2D eigenvalue weighted by atomic mass is 10.0. The first kappa shape index (κ1) is 14.6. The second-order valence-corrected chi connectivity index (χ2v) is 6.36. The van der Waals surface area contributed by atoms with Crippen molar-refractivity contribution in [2.75, 3.05) is 4.90 Å². The van der Waals surface area contributed by atoms with Crippen molar-refractivity contribution in [3.05, 3.63) is 63.6 Å². The number of carbonyl (C=O) groups is 1. The van der Waals surface area contributed by atoms with Gasteiger partial charge < -0.3 is 10.0 Å². The van der Waals surface area contributed by atoms with Gasteiger partial charge in [-0.3, -0.25) is 4.79 Å². The highest BCUT2D eigenvalue weighted by molar-refractivity contribution is 9.10. The second kappa shape index (κ2) is 5.79. The Balaban J connectivity index is 2.02. The van der Waals surface area contributed by atoms with E-state index in [-0.39, 0.29) is 11.9 Å². The third kappa shape index (κ3) is 2.84. The number of rotatable bonds is 2. The number of hydrogen-bond acceptors (Lipinski definition) is 2. The topological polar surface area (TPSA) is 40.5 Å². The van der Waals surface area contributed by atoms with Crippen LogP contribution in [0.4, 0.5) is 5.69 Å². The summed E-state index contributed by atoms with van der Waals surface area (Å²) in [6.45, 7) is 0. The Morgan fingerprint density at radius 1 is 1.19 bits per heavy atom. The third-order valence-corrected chi connectivity index (χ3v) is 4.38. The summed E-state index contributed by atoms with van der Waals surface area (Å²) in [5.74, 6) is -0.276. The molecule has 1 amide bonds. The first-order valence-electron chi connectivity index (χ1n) is 6.58. The summed E-state index contributed by atoms with van der Waals surface area (Å²) in [5, 5.41) is 10.6. The molecule has 1 aliphatic heterocycles. The van der Waals surface area contributed by atoms with E-state index >= 15 is 0 Å². The van der Waals surface area contributed by atoms with Crippen LogP contribution < -0.4 is 4.90 Å². The van der Waals surface area contributed by atoms with Crippen LogP contribution in [0.15, 0.2) is 53.0 Å². The van der Waals surface area contributed by atoms with Gasteiger partial charge in [0.2, 0.25) is 0 Å². The van der Waals surface area contributed by atoms with Crippen LogP contribution in [0, 0.1) is 0 Å². The molecule has 108 valence electrons. The van der Waals surface area contributed by atoms with E-state index in [0.29, 0.717) is 11.4 Å². The number of halogens is 2. The van der Waals surface area contributed by atoms with Gasteiger partial charge in [-0.25, -0.2) is 0 Å². The molecule has 3 rings (SSSR count). The number of nitrogens with zero attached hydrogens (tertiary/aromatic N) is 1. The van der Waals surface area contributed by atoms with Crippen molar-refractivity contribution in [3.8, 4) is 0 Å². The van der Waals surface area contributed by atoms with Crippen LogP contribution in [0.2, 0.25) is 5.02 Å². The minimum atomic E-state index is -0.974. The Morgan fingerprint density at radius 3 is 2.57 bits per heavy atom. The first-order valence-corrected chi connectivity index (χ1v) is 7.75. The van der Waals surface area contributed by atoms with Gasteiger partial charge >= 0.3 is 0 Å². The molecule has 0 aliphatic carbocycles. The molecule has 1 heterocycles. The molecule has 5 heteroatoms. The molecule has 2 unspecified atom stereocenters. The lowest BCUT2D eigenvalue weighted by Crippen LogP contribution is -2.30. The minimum Gasteiger partial charge on any atom is -0.383 e. The molecule has 3 nitrogen and oxygen atoms in total. The van der Waals surface area contributed by atoms with E-state index in [0.717, 1.165) is 15.7 Å². The van der Waals surface area contributed by atoms with Crippen molar-refractivity contribution in [2.45, 2.75) is 18.6 Å². The van der Waals surface area contributed by atoms with Crippen molar-refractivity contribution in [1.82, 2.24) is 0 Å². The zero-order valence-corrected chi connectivity index (χ0v) is 13.4. The molecule has 1 aliphatic rings. The Morgan fingerprint density at radius 2 is 1.90 bits per heavy atom. The van der Waals surface area contributed by atoms with Crippen LogP contribution in [-0.2, 0) is 4.79 Å². The molecule has 0 radical (unpaired) electrons. The summed E-state index contributed by atoms with van der Waals surface area (Å²) >= 11 is 9.42. The second-order valence-electron chi connectivity index (χ2n) is 5.01. The summed E-state index contributed by atoms with van der Waals surface area (Å²) in [6.07, 6.45) is -0.604. The number of aliphatic hydroxyl groups is 1. The summed E-state index contributed by atoms with van der Waals surface area (Å²) in [6, 6.07) is 14.7. The van der Waals surface area contributed by atoms with Crippen LogP contribution in [0.5, 0.6) is 0 Å². The van der Waals surface area contributed by atoms with E-state index in [1.807, 2.05) is 42.5 Å². The van der Waals surface area contributed by atoms with Gasteiger partial charge in [0.25, 0.3) is 5.91 Å². The van der Waals surface area contributed by atoms with Gasteiger partial charge in [-0.15, -0.1) is 0 Å². The Labute approximate surface area is 136 Å². The average molecular weight is 367 g/mol. The van der Waals surface area contributed by atoms with Crippen molar-refractivity contribution < 1.29 is 9.90 Å². The first-order chi connectivity index (χ1) is 10.1. The molecule has 1 saturated heterocycles. The van der Waals surface area contributed by atoms with Crippen LogP contribution in [0.1, 0.15) is 18.0 Å². The molecule has 0 saturated carbocycles. The maximum atomic E-state index is 12.3. The van der Waals surface area contributed by atoms with Gasteiger partial charge in [-0.1, -0.05) is 39.7 Å². The van der Waals surface area contributed by atoms with Crippen LogP contribution in [0.25, 0.3) is 0 Å². The Kier molecular flexibility index (Phi) is 4.02. The Bertz CT molecular complexity index is 674. The van der Waals surface area contributed by atoms with Crippen molar-refractivity contribution in [2.24, 2.45) is 0 Å². The lowest BCUT2D eigenvalue weighted by Gasteiger charge is -2.25. The normalized spacial score (nSPS) is 21.9. The third-order valence-electron chi connectivity index (χ3n) is 3.62. The maximum Gasteiger partial charge on any atom is 0.256 e. The van der Waals surface area contributed by atoms with E-state index in [1.54, 1.807) is 11.0 Å². The zero-order valence-electron chi connectivity index (χ0n) is 11.0. The van der Waals surface area contributed by atoms with E-state index < -0.39 is 6.10 Å². The smallest absolute Gasteiger partial charge is 0.256 e. The van der Waals surface area contributed by atoms with Crippen LogP contribution >= 0.6 is 27.5 Å². The fourth-order valence-corrected chi connectivity index (χ4v) is 3.10. The summed E-state index contributed by atoms with van der Waals surface area (Å²) in [5.41, 5.74) is 1.69. The summed E-state index contributed by atoms with van der Waals surface area (Å²) in [7, 11) is 0. The number of carbonyl (C=O) groups excluding carboxylic acids is 1. The Hall–Kier alpha value is -1.36.